The van der Waals surface area contributed by atoms with Gasteiger partial charge in [-0.2, -0.15) is 0 Å². The summed E-state index contributed by atoms with van der Waals surface area (Å²) >= 11 is 0. The Labute approximate surface area is 104 Å². The lowest BCUT2D eigenvalue weighted by molar-refractivity contribution is 0.317. The molecule has 1 fully saturated rings. The van der Waals surface area contributed by atoms with E-state index in [2.05, 4.69) is 42.2 Å². The van der Waals surface area contributed by atoms with Crippen LogP contribution in [0.25, 0.3) is 0 Å². The number of hydrogen-bond acceptors (Lipinski definition) is 2. The predicted octanol–water partition coefficient (Wildman–Crippen LogP) is 2.24. The molecule has 0 bridgehead atoms. The molecule has 2 atom stereocenters. The number of nitrogens with two attached hydrogens (primary N) is 1. The fraction of sp³-hybridized carbons (Fsp3) is 0.538. The van der Waals surface area contributed by atoms with Gasteiger partial charge in [0.05, 0.1) is 0 Å². The predicted molar refractivity (Wildman–Crippen MR) is 71.1 cm³/mol. The maximum Gasteiger partial charge on any atom is 0.0180 e. The number of rotatable bonds is 3. The number of nitrogens with zero attached hydrogens (tertiary/aromatic N) is 1. The van der Waals surface area contributed by atoms with E-state index in [1.807, 2.05) is 0 Å². The number of hydrogen-bond donors (Lipinski definition) is 1. The second-order valence-corrected chi connectivity index (χ2v) is 4.62. The molecule has 0 spiro atoms. The molecule has 90 valence electrons. The Morgan fingerprint density at radius 3 is 2.62 bits per heavy atom. The van der Waals surface area contributed by atoms with E-state index < -0.39 is 0 Å². The third-order valence-electron chi connectivity index (χ3n) is 3.21. The van der Waals surface area contributed by atoms with E-state index in [4.69, 9.17) is 5.73 Å². The van der Waals surface area contributed by atoms with Crippen LogP contribution < -0.4 is 5.73 Å². The minimum absolute atomic E-state index is 0. The minimum Gasteiger partial charge on any atom is -0.326 e. The van der Waals surface area contributed by atoms with Gasteiger partial charge in [-0.3, -0.25) is 0 Å². The zero-order valence-corrected chi connectivity index (χ0v) is 10.6. The summed E-state index contributed by atoms with van der Waals surface area (Å²) in [6, 6.07) is 11.1. The van der Waals surface area contributed by atoms with Crippen molar-refractivity contribution < 1.29 is 0 Å². The Hall–Kier alpha value is -0.570. The molecule has 1 aliphatic heterocycles. The van der Waals surface area contributed by atoms with E-state index >= 15 is 0 Å². The highest BCUT2D eigenvalue weighted by atomic mass is 35.5. The van der Waals surface area contributed by atoms with Crippen LogP contribution in [0, 0.1) is 0 Å². The lowest BCUT2D eigenvalue weighted by atomic mass is 10.0. The lowest BCUT2D eigenvalue weighted by Gasteiger charge is -2.20. The molecule has 1 aliphatic rings. The fourth-order valence-electron chi connectivity index (χ4n) is 2.30. The topological polar surface area (TPSA) is 29.3 Å². The number of likely N-dealkylation sites (tertiary alicyclic amines) is 1. The second kappa shape index (κ2) is 6.24. The Kier molecular flexibility index (Phi) is 5.26. The van der Waals surface area contributed by atoms with E-state index in [0.717, 1.165) is 19.5 Å². The zero-order valence-electron chi connectivity index (χ0n) is 9.80. The third-order valence-corrected chi connectivity index (χ3v) is 3.21. The zero-order chi connectivity index (χ0) is 10.7. The summed E-state index contributed by atoms with van der Waals surface area (Å²) in [5, 5.41) is 0. The largest absolute Gasteiger partial charge is 0.326 e. The molecule has 0 amide bonds. The van der Waals surface area contributed by atoms with Crippen molar-refractivity contribution in [1.82, 2.24) is 4.90 Å². The van der Waals surface area contributed by atoms with Crippen LogP contribution in [-0.2, 0) is 0 Å². The SMILES string of the molecule is CC(CN1CCC(N)C1)c1ccccc1.Cl. The smallest absolute Gasteiger partial charge is 0.0180 e. The Morgan fingerprint density at radius 2 is 2.06 bits per heavy atom. The van der Waals surface area contributed by atoms with Crippen LogP contribution in [0.3, 0.4) is 0 Å². The van der Waals surface area contributed by atoms with Crippen molar-refractivity contribution in [2.75, 3.05) is 19.6 Å². The van der Waals surface area contributed by atoms with Crippen molar-refractivity contribution in [3.05, 3.63) is 35.9 Å². The third kappa shape index (κ3) is 3.48. The van der Waals surface area contributed by atoms with Gasteiger partial charge >= 0.3 is 0 Å². The molecule has 1 heterocycles. The van der Waals surface area contributed by atoms with Gasteiger partial charge in [-0.15, -0.1) is 12.4 Å². The summed E-state index contributed by atoms with van der Waals surface area (Å²) in [6.07, 6.45) is 1.15. The molecule has 2 rings (SSSR count). The molecule has 0 saturated carbocycles. The Balaban J connectivity index is 0.00000128. The van der Waals surface area contributed by atoms with Crippen molar-refractivity contribution >= 4 is 12.4 Å². The molecular formula is C13H21ClN2. The average Bonchev–Trinajstić information content (AvgIpc) is 2.65. The summed E-state index contributed by atoms with van der Waals surface area (Å²) < 4.78 is 0. The van der Waals surface area contributed by atoms with Crippen molar-refractivity contribution in [2.24, 2.45) is 5.73 Å². The Morgan fingerprint density at radius 1 is 1.38 bits per heavy atom. The van der Waals surface area contributed by atoms with Crippen molar-refractivity contribution in [1.29, 1.82) is 0 Å². The molecule has 0 aliphatic carbocycles. The number of halogens is 1. The van der Waals surface area contributed by atoms with Crippen LogP contribution >= 0.6 is 12.4 Å². The minimum atomic E-state index is 0. The van der Waals surface area contributed by atoms with Gasteiger partial charge in [0, 0.05) is 19.1 Å². The monoisotopic (exact) mass is 240 g/mol. The molecule has 3 heteroatoms. The van der Waals surface area contributed by atoms with Crippen LogP contribution in [0.4, 0.5) is 0 Å². The van der Waals surface area contributed by atoms with Crippen LogP contribution in [0.5, 0.6) is 0 Å². The van der Waals surface area contributed by atoms with Crippen LogP contribution in [0.2, 0.25) is 0 Å². The fourth-order valence-corrected chi connectivity index (χ4v) is 2.30. The molecule has 0 radical (unpaired) electrons. The van der Waals surface area contributed by atoms with Crippen LogP contribution in [-0.4, -0.2) is 30.6 Å². The van der Waals surface area contributed by atoms with E-state index in [-0.39, 0.29) is 12.4 Å². The van der Waals surface area contributed by atoms with Gasteiger partial charge in [0.25, 0.3) is 0 Å². The van der Waals surface area contributed by atoms with Crippen molar-refractivity contribution in [3.63, 3.8) is 0 Å². The summed E-state index contributed by atoms with van der Waals surface area (Å²) in [5.74, 6) is 0.608. The molecule has 16 heavy (non-hydrogen) atoms. The summed E-state index contributed by atoms with van der Waals surface area (Å²) in [6.45, 7) is 5.66. The molecule has 2 N–H and O–H groups in total. The van der Waals surface area contributed by atoms with E-state index in [9.17, 15) is 0 Å². The number of benzene rings is 1. The highest BCUT2D eigenvalue weighted by molar-refractivity contribution is 5.85. The maximum atomic E-state index is 5.90. The molecule has 2 nitrogen and oxygen atoms in total. The standard InChI is InChI=1S/C13H20N2.ClH/c1-11(12-5-3-2-4-6-12)9-15-8-7-13(14)10-15;/h2-6,11,13H,7-10,14H2,1H3;1H. The molecule has 0 aromatic heterocycles. The average molecular weight is 241 g/mol. The summed E-state index contributed by atoms with van der Waals surface area (Å²) in [5.41, 5.74) is 7.33. The highest BCUT2D eigenvalue weighted by Gasteiger charge is 2.20. The second-order valence-electron chi connectivity index (χ2n) is 4.62. The molecule has 2 unspecified atom stereocenters. The summed E-state index contributed by atoms with van der Waals surface area (Å²) in [4.78, 5) is 2.47. The molecule has 1 aromatic rings. The lowest BCUT2D eigenvalue weighted by Crippen LogP contribution is -2.29. The summed E-state index contributed by atoms with van der Waals surface area (Å²) in [7, 11) is 0. The maximum absolute atomic E-state index is 5.90. The molecular weight excluding hydrogens is 220 g/mol. The van der Waals surface area contributed by atoms with Gasteiger partial charge in [0.2, 0.25) is 0 Å². The van der Waals surface area contributed by atoms with Gasteiger partial charge in [-0.05, 0) is 24.4 Å². The van der Waals surface area contributed by atoms with Crippen molar-refractivity contribution in [3.8, 4) is 0 Å². The van der Waals surface area contributed by atoms with Gasteiger partial charge in [0.1, 0.15) is 0 Å². The van der Waals surface area contributed by atoms with E-state index in [1.54, 1.807) is 0 Å². The van der Waals surface area contributed by atoms with Gasteiger partial charge < -0.3 is 10.6 Å². The van der Waals surface area contributed by atoms with Gasteiger partial charge in [0.15, 0.2) is 0 Å². The first-order valence-corrected chi connectivity index (χ1v) is 5.78. The first-order valence-electron chi connectivity index (χ1n) is 5.78. The first-order chi connectivity index (χ1) is 7.25. The van der Waals surface area contributed by atoms with E-state index in [1.165, 1.54) is 12.1 Å². The molecule has 1 aromatic carbocycles. The first kappa shape index (κ1) is 13.5. The van der Waals surface area contributed by atoms with Crippen LogP contribution in [0.15, 0.2) is 30.3 Å². The van der Waals surface area contributed by atoms with Gasteiger partial charge in [-0.25, -0.2) is 0 Å². The van der Waals surface area contributed by atoms with E-state index in [0.29, 0.717) is 12.0 Å². The van der Waals surface area contributed by atoms with Gasteiger partial charge in [-0.1, -0.05) is 37.3 Å². The quantitative estimate of drug-likeness (QED) is 0.878. The normalized spacial score (nSPS) is 22.8. The van der Waals surface area contributed by atoms with Crippen molar-refractivity contribution in [2.45, 2.75) is 25.3 Å². The Bertz CT molecular complexity index is 302. The highest BCUT2D eigenvalue weighted by Crippen LogP contribution is 2.18. The van der Waals surface area contributed by atoms with Crippen LogP contribution in [0.1, 0.15) is 24.8 Å². The molecule has 1 saturated heterocycles.